The predicted octanol–water partition coefficient (Wildman–Crippen LogP) is 1.42. The number of aliphatic hydroxyl groups excluding tert-OH is 1. The van der Waals surface area contributed by atoms with Crippen LogP contribution in [0.4, 0.5) is 4.79 Å². The van der Waals surface area contributed by atoms with Gasteiger partial charge in [0.05, 0.1) is 19.0 Å². The number of carbonyl (C=O) groups excluding carboxylic acids is 1. The zero-order valence-corrected chi connectivity index (χ0v) is 13.1. The minimum absolute atomic E-state index is 0.0913. The minimum atomic E-state index is -0.847. The second-order valence-electron chi connectivity index (χ2n) is 5.21. The quantitative estimate of drug-likeness (QED) is 0.620. The van der Waals surface area contributed by atoms with Gasteiger partial charge in [0.2, 0.25) is 0 Å². The summed E-state index contributed by atoms with van der Waals surface area (Å²) in [5.74, 6) is 0.0913. The van der Waals surface area contributed by atoms with Crippen molar-refractivity contribution in [1.82, 2.24) is 20.2 Å². The van der Waals surface area contributed by atoms with Crippen molar-refractivity contribution in [2.45, 2.75) is 19.4 Å². The number of aromatic nitrogens is 2. The summed E-state index contributed by atoms with van der Waals surface area (Å²) in [6.07, 6.45) is 3.13. The van der Waals surface area contributed by atoms with E-state index in [0.29, 0.717) is 25.1 Å². The number of carbonyl (C=O) groups is 1. The van der Waals surface area contributed by atoms with E-state index >= 15 is 0 Å². The van der Waals surface area contributed by atoms with Crippen molar-refractivity contribution in [2.24, 2.45) is 0 Å². The summed E-state index contributed by atoms with van der Waals surface area (Å²) in [6, 6.07) is 6.18. The summed E-state index contributed by atoms with van der Waals surface area (Å²) in [6.45, 7) is 2.98. The second kappa shape index (κ2) is 8.19. The highest BCUT2D eigenvalue weighted by atomic mass is 16.3. The van der Waals surface area contributed by atoms with E-state index in [1.165, 1.54) is 17.0 Å². The summed E-state index contributed by atoms with van der Waals surface area (Å²) in [4.78, 5) is 20.6. The molecule has 0 fully saturated rings. The van der Waals surface area contributed by atoms with Crippen LogP contribution in [0.25, 0.3) is 0 Å². The van der Waals surface area contributed by atoms with Gasteiger partial charge in [-0.25, -0.2) is 9.78 Å². The molecule has 0 radical (unpaired) electrons. The molecule has 1 heterocycles. The summed E-state index contributed by atoms with van der Waals surface area (Å²) < 4.78 is 0. The molecule has 0 saturated carbocycles. The molecular formula is C16H22N4O3. The average molecular weight is 318 g/mol. The SMILES string of the molecule is CCN(C[C@H](O)c1cccc(O)c1)C(=O)NCCc1cnc[nH]1. The molecule has 2 rings (SSSR count). The predicted molar refractivity (Wildman–Crippen MR) is 86.0 cm³/mol. The first kappa shape index (κ1) is 16.8. The molecule has 1 aromatic heterocycles. The maximum absolute atomic E-state index is 12.2. The molecular weight excluding hydrogens is 296 g/mol. The number of rotatable bonds is 7. The highest BCUT2D eigenvalue weighted by Gasteiger charge is 2.17. The normalized spacial score (nSPS) is 11.9. The zero-order chi connectivity index (χ0) is 16.7. The molecule has 0 aliphatic rings. The lowest BCUT2D eigenvalue weighted by Crippen LogP contribution is -2.42. The Morgan fingerprint density at radius 1 is 1.48 bits per heavy atom. The highest BCUT2D eigenvalue weighted by molar-refractivity contribution is 5.74. The number of hydrogen-bond acceptors (Lipinski definition) is 4. The Morgan fingerprint density at radius 2 is 2.30 bits per heavy atom. The van der Waals surface area contributed by atoms with Crippen molar-refractivity contribution < 1.29 is 15.0 Å². The van der Waals surface area contributed by atoms with E-state index in [9.17, 15) is 15.0 Å². The number of benzene rings is 1. The number of aliphatic hydroxyl groups is 1. The largest absolute Gasteiger partial charge is 0.508 e. The fourth-order valence-electron chi connectivity index (χ4n) is 2.24. The van der Waals surface area contributed by atoms with Gasteiger partial charge in [-0.05, 0) is 24.6 Å². The molecule has 0 spiro atoms. The van der Waals surface area contributed by atoms with Crippen molar-refractivity contribution >= 4 is 6.03 Å². The van der Waals surface area contributed by atoms with Gasteiger partial charge in [0.15, 0.2) is 0 Å². The number of nitrogens with zero attached hydrogens (tertiary/aromatic N) is 2. The first-order valence-electron chi connectivity index (χ1n) is 7.57. The van der Waals surface area contributed by atoms with Crippen molar-refractivity contribution in [3.05, 3.63) is 48.0 Å². The van der Waals surface area contributed by atoms with Crippen molar-refractivity contribution in [3.8, 4) is 5.75 Å². The number of phenols is 1. The lowest BCUT2D eigenvalue weighted by molar-refractivity contribution is 0.123. The van der Waals surface area contributed by atoms with Crippen LogP contribution in [0.15, 0.2) is 36.8 Å². The van der Waals surface area contributed by atoms with Gasteiger partial charge in [0, 0.05) is 31.4 Å². The molecule has 0 aliphatic heterocycles. The van der Waals surface area contributed by atoms with Gasteiger partial charge in [0.1, 0.15) is 5.75 Å². The van der Waals surface area contributed by atoms with Crippen LogP contribution in [0.3, 0.4) is 0 Å². The van der Waals surface area contributed by atoms with Crippen LogP contribution >= 0.6 is 0 Å². The van der Waals surface area contributed by atoms with E-state index in [4.69, 9.17) is 0 Å². The topological polar surface area (TPSA) is 101 Å². The molecule has 4 N–H and O–H groups in total. The molecule has 0 unspecified atom stereocenters. The standard InChI is InChI=1S/C16H22N4O3/c1-2-20(10-15(22)12-4-3-5-14(21)8-12)16(23)18-7-6-13-9-17-11-19-13/h3-5,8-9,11,15,21-22H,2,6-7,10H2,1H3,(H,17,19)(H,18,23)/t15-/m0/s1. The Morgan fingerprint density at radius 3 is 2.96 bits per heavy atom. The van der Waals surface area contributed by atoms with Crippen LogP contribution in [-0.2, 0) is 6.42 Å². The monoisotopic (exact) mass is 318 g/mol. The molecule has 2 aromatic rings. The number of likely N-dealkylation sites (N-methyl/N-ethyl adjacent to an activating group) is 1. The fraction of sp³-hybridized carbons (Fsp3) is 0.375. The van der Waals surface area contributed by atoms with Gasteiger partial charge in [-0.15, -0.1) is 0 Å². The first-order valence-corrected chi connectivity index (χ1v) is 7.57. The number of imidazole rings is 1. The van der Waals surface area contributed by atoms with E-state index < -0.39 is 6.10 Å². The molecule has 1 atom stereocenters. The minimum Gasteiger partial charge on any atom is -0.508 e. The summed E-state index contributed by atoms with van der Waals surface area (Å²) in [5, 5.41) is 22.5. The Kier molecular flexibility index (Phi) is 5.99. The summed E-state index contributed by atoms with van der Waals surface area (Å²) in [5.41, 5.74) is 1.53. The number of nitrogens with one attached hydrogen (secondary N) is 2. The van der Waals surface area contributed by atoms with Crippen molar-refractivity contribution in [3.63, 3.8) is 0 Å². The smallest absolute Gasteiger partial charge is 0.317 e. The maximum atomic E-state index is 12.2. The van der Waals surface area contributed by atoms with Crippen LogP contribution < -0.4 is 5.32 Å². The fourth-order valence-corrected chi connectivity index (χ4v) is 2.24. The molecule has 1 aromatic carbocycles. The molecule has 0 bridgehead atoms. The molecule has 0 aliphatic carbocycles. The van der Waals surface area contributed by atoms with Gasteiger partial charge >= 0.3 is 6.03 Å². The number of H-pyrrole nitrogens is 1. The van der Waals surface area contributed by atoms with E-state index in [0.717, 1.165) is 5.69 Å². The van der Waals surface area contributed by atoms with E-state index in [1.54, 1.807) is 24.7 Å². The van der Waals surface area contributed by atoms with Gasteiger partial charge in [0.25, 0.3) is 0 Å². The van der Waals surface area contributed by atoms with E-state index in [2.05, 4.69) is 15.3 Å². The van der Waals surface area contributed by atoms with Gasteiger partial charge < -0.3 is 25.4 Å². The van der Waals surface area contributed by atoms with Crippen LogP contribution in [0.2, 0.25) is 0 Å². The third-order valence-electron chi connectivity index (χ3n) is 3.54. The number of amides is 2. The van der Waals surface area contributed by atoms with E-state index in [-0.39, 0.29) is 18.3 Å². The Bertz CT molecular complexity index is 616. The van der Waals surface area contributed by atoms with Gasteiger partial charge in [-0.1, -0.05) is 12.1 Å². The van der Waals surface area contributed by atoms with Crippen LogP contribution in [0.1, 0.15) is 24.3 Å². The number of aromatic amines is 1. The number of aromatic hydroxyl groups is 1. The third-order valence-corrected chi connectivity index (χ3v) is 3.54. The molecule has 7 nitrogen and oxygen atoms in total. The molecule has 7 heteroatoms. The lowest BCUT2D eigenvalue weighted by atomic mass is 10.1. The third kappa shape index (κ3) is 5.00. The Hall–Kier alpha value is -2.54. The van der Waals surface area contributed by atoms with Crippen molar-refractivity contribution in [1.29, 1.82) is 0 Å². The molecule has 0 saturated heterocycles. The van der Waals surface area contributed by atoms with Crippen molar-refractivity contribution in [2.75, 3.05) is 19.6 Å². The van der Waals surface area contributed by atoms with E-state index in [1.807, 2.05) is 6.92 Å². The number of phenolic OH excluding ortho intramolecular Hbond substituents is 1. The van der Waals surface area contributed by atoms with Gasteiger partial charge in [-0.3, -0.25) is 0 Å². The van der Waals surface area contributed by atoms with Crippen LogP contribution in [0.5, 0.6) is 5.75 Å². The van der Waals surface area contributed by atoms with Gasteiger partial charge in [-0.2, -0.15) is 0 Å². The van der Waals surface area contributed by atoms with Crippen LogP contribution in [-0.4, -0.2) is 50.7 Å². The Labute approximate surface area is 135 Å². The molecule has 23 heavy (non-hydrogen) atoms. The lowest BCUT2D eigenvalue weighted by Gasteiger charge is -2.24. The second-order valence-corrected chi connectivity index (χ2v) is 5.21. The molecule has 2 amide bonds. The number of urea groups is 1. The zero-order valence-electron chi connectivity index (χ0n) is 13.1. The number of hydrogen-bond donors (Lipinski definition) is 4. The van der Waals surface area contributed by atoms with Crippen LogP contribution in [0, 0.1) is 0 Å². The Balaban J connectivity index is 1.84. The highest BCUT2D eigenvalue weighted by Crippen LogP contribution is 2.19. The maximum Gasteiger partial charge on any atom is 0.317 e. The molecule has 124 valence electrons. The average Bonchev–Trinajstić information content (AvgIpc) is 3.05. The summed E-state index contributed by atoms with van der Waals surface area (Å²) in [7, 11) is 0. The summed E-state index contributed by atoms with van der Waals surface area (Å²) >= 11 is 0. The first-order chi connectivity index (χ1) is 11.1.